The van der Waals surface area contributed by atoms with Gasteiger partial charge in [0.2, 0.25) is 0 Å². The van der Waals surface area contributed by atoms with Gasteiger partial charge in [0.15, 0.2) is 0 Å². The van der Waals surface area contributed by atoms with E-state index < -0.39 is 5.60 Å². The number of hydrogen-bond acceptors (Lipinski definition) is 3. The molecule has 0 heterocycles. The maximum Gasteiger partial charge on any atom is 0.139 e. The van der Waals surface area contributed by atoms with Gasteiger partial charge in [-0.2, -0.15) is 0 Å². The quantitative estimate of drug-likeness (QED) is 0.674. The number of aliphatic hydroxyl groups excluding tert-OH is 1. The van der Waals surface area contributed by atoms with E-state index in [4.69, 9.17) is 0 Å². The van der Waals surface area contributed by atoms with Crippen LogP contribution in [0.5, 0.6) is 0 Å². The molecular weight excluding hydrogens is 264 g/mol. The van der Waals surface area contributed by atoms with Crippen LogP contribution in [-0.4, -0.2) is 27.7 Å². The monoisotopic (exact) mass is 290 g/mol. The lowest BCUT2D eigenvalue weighted by molar-refractivity contribution is -0.137. The standard InChI is InChI=1S/C18H26O3/c1-17-8-7-15-13(14(17)4-5-16(17)20)3-2-11-10-12(19)6-9-18(11,15)21/h2,12-15,19,21H,3-10H2,1H3/t12-,13-,14-,15-,17-,18+/m0/s1. The lowest BCUT2D eigenvalue weighted by Gasteiger charge is -2.55. The molecule has 0 bridgehead atoms. The Morgan fingerprint density at radius 3 is 2.81 bits per heavy atom. The van der Waals surface area contributed by atoms with Crippen molar-refractivity contribution in [1.82, 2.24) is 0 Å². The molecule has 0 radical (unpaired) electrons. The lowest BCUT2D eigenvalue weighted by atomic mass is 9.51. The van der Waals surface area contributed by atoms with Crippen molar-refractivity contribution >= 4 is 5.78 Å². The Balaban J connectivity index is 1.69. The molecular formula is C18H26O3. The average molecular weight is 290 g/mol. The molecule has 3 saturated carbocycles. The first-order chi connectivity index (χ1) is 9.95. The van der Waals surface area contributed by atoms with E-state index in [-0.39, 0.29) is 11.5 Å². The van der Waals surface area contributed by atoms with Crippen LogP contribution in [0.4, 0.5) is 0 Å². The second-order valence-corrected chi connectivity index (χ2v) is 8.08. The largest absolute Gasteiger partial charge is 0.393 e. The van der Waals surface area contributed by atoms with Gasteiger partial charge in [0, 0.05) is 11.8 Å². The third-order valence-corrected chi connectivity index (χ3v) is 7.27. The van der Waals surface area contributed by atoms with Gasteiger partial charge in [-0.1, -0.05) is 13.0 Å². The highest BCUT2D eigenvalue weighted by molar-refractivity contribution is 5.87. The molecule has 0 aromatic carbocycles. The summed E-state index contributed by atoms with van der Waals surface area (Å²) in [7, 11) is 0. The van der Waals surface area contributed by atoms with Crippen molar-refractivity contribution < 1.29 is 15.0 Å². The number of hydrogen-bond donors (Lipinski definition) is 2. The number of carbonyl (C=O) groups is 1. The molecule has 0 unspecified atom stereocenters. The molecule has 3 heteroatoms. The molecule has 116 valence electrons. The molecule has 4 aliphatic rings. The molecule has 3 nitrogen and oxygen atoms in total. The van der Waals surface area contributed by atoms with E-state index in [1.165, 1.54) is 0 Å². The van der Waals surface area contributed by atoms with Gasteiger partial charge in [-0.05, 0) is 68.3 Å². The maximum absolute atomic E-state index is 12.3. The molecule has 0 aliphatic heterocycles. The third kappa shape index (κ3) is 1.77. The Kier molecular flexibility index (Phi) is 2.94. The zero-order chi connectivity index (χ0) is 14.8. The van der Waals surface area contributed by atoms with Crippen molar-refractivity contribution in [3.63, 3.8) is 0 Å². The van der Waals surface area contributed by atoms with E-state index in [2.05, 4.69) is 13.0 Å². The van der Waals surface area contributed by atoms with E-state index in [1.54, 1.807) is 0 Å². The van der Waals surface area contributed by atoms with Crippen molar-refractivity contribution in [3.05, 3.63) is 11.6 Å². The molecule has 0 aromatic heterocycles. The predicted molar refractivity (Wildman–Crippen MR) is 79.6 cm³/mol. The number of carbonyl (C=O) groups excluding carboxylic acids is 1. The first kappa shape index (κ1) is 14.0. The van der Waals surface area contributed by atoms with Crippen LogP contribution >= 0.6 is 0 Å². The van der Waals surface area contributed by atoms with Crippen molar-refractivity contribution in [2.24, 2.45) is 23.2 Å². The second kappa shape index (κ2) is 4.42. The van der Waals surface area contributed by atoms with E-state index in [0.29, 0.717) is 42.8 Å². The molecule has 0 spiro atoms. The number of Topliss-reactive ketones (excluding diaryl/α,β-unsaturated/α-hetero) is 1. The fourth-order valence-electron chi connectivity index (χ4n) is 6.02. The van der Waals surface area contributed by atoms with E-state index in [1.807, 2.05) is 0 Å². The number of ketones is 1. The molecule has 0 saturated heterocycles. The molecule has 3 fully saturated rings. The van der Waals surface area contributed by atoms with Gasteiger partial charge in [-0.3, -0.25) is 4.79 Å². The minimum atomic E-state index is -0.699. The van der Waals surface area contributed by atoms with Gasteiger partial charge in [-0.15, -0.1) is 0 Å². The Morgan fingerprint density at radius 1 is 1.19 bits per heavy atom. The summed E-state index contributed by atoms with van der Waals surface area (Å²) in [6.07, 6.45) is 8.59. The zero-order valence-electron chi connectivity index (χ0n) is 12.8. The number of allylic oxidation sites excluding steroid dienone is 1. The number of rotatable bonds is 0. The molecule has 0 aromatic rings. The van der Waals surface area contributed by atoms with Crippen molar-refractivity contribution in [1.29, 1.82) is 0 Å². The van der Waals surface area contributed by atoms with Crippen LogP contribution in [0.1, 0.15) is 58.3 Å². The summed E-state index contributed by atoms with van der Waals surface area (Å²) in [5.74, 6) is 1.66. The van der Waals surface area contributed by atoms with Crippen LogP contribution in [0.25, 0.3) is 0 Å². The predicted octanol–water partition coefficient (Wildman–Crippen LogP) is 2.60. The SMILES string of the molecule is C[C@]12CC[C@H]3[C@@H](CC=C4C[C@@H](O)CC[C@@]43O)[C@@H]1CCC2=O. The molecule has 6 atom stereocenters. The van der Waals surface area contributed by atoms with Crippen LogP contribution in [0.3, 0.4) is 0 Å². The van der Waals surface area contributed by atoms with Gasteiger partial charge in [-0.25, -0.2) is 0 Å². The molecule has 4 aliphatic carbocycles. The van der Waals surface area contributed by atoms with Gasteiger partial charge in [0.25, 0.3) is 0 Å². The maximum atomic E-state index is 12.3. The fraction of sp³-hybridized carbons (Fsp3) is 0.833. The van der Waals surface area contributed by atoms with E-state index in [0.717, 1.165) is 37.7 Å². The summed E-state index contributed by atoms with van der Waals surface area (Å²) in [6.45, 7) is 2.16. The number of aliphatic hydroxyl groups is 2. The highest BCUT2D eigenvalue weighted by Crippen LogP contribution is 2.61. The molecule has 0 amide bonds. The topological polar surface area (TPSA) is 57.5 Å². The summed E-state index contributed by atoms with van der Waals surface area (Å²) < 4.78 is 0. The summed E-state index contributed by atoms with van der Waals surface area (Å²) in [5.41, 5.74) is 0.252. The summed E-state index contributed by atoms with van der Waals surface area (Å²) in [4.78, 5) is 12.3. The zero-order valence-corrected chi connectivity index (χ0v) is 12.8. The van der Waals surface area contributed by atoms with Crippen LogP contribution in [0, 0.1) is 23.2 Å². The normalized spacial score (nSPS) is 52.7. The Bertz CT molecular complexity index is 511. The first-order valence-electron chi connectivity index (χ1n) is 8.58. The van der Waals surface area contributed by atoms with Crippen molar-refractivity contribution in [2.75, 3.05) is 0 Å². The molecule has 2 N–H and O–H groups in total. The van der Waals surface area contributed by atoms with Gasteiger partial charge < -0.3 is 10.2 Å². The summed E-state index contributed by atoms with van der Waals surface area (Å²) in [5, 5.41) is 21.2. The van der Waals surface area contributed by atoms with E-state index >= 15 is 0 Å². The first-order valence-corrected chi connectivity index (χ1v) is 8.58. The highest BCUT2D eigenvalue weighted by Gasteiger charge is 2.59. The Morgan fingerprint density at radius 2 is 2.00 bits per heavy atom. The fourth-order valence-corrected chi connectivity index (χ4v) is 6.02. The van der Waals surface area contributed by atoms with Crippen LogP contribution in [0.15, 0.2) is 11.6 Å². The Labute approximate surface area is 126 Å². The van der Waals surface area contributed by atoms with Gasteiger partial charge >= 0.3 is 0 Å². The van der Waals surface area contributed by atoms with Crippen LogP contribution < -0.4 is 0 Å². The average Bonchev–Trinajstić information content (AvgIpc) is 2.76. The van der Waals surface area contributed by atoms with Crippen LogP contribution in [-0.2, 0) is 4.79 Å². The third-order valence-electron chi connectivity index (χ3n) is 7.27. The number of fused-ring (bicyclic) bond motifs is 5. The smallest absolute Gasteiger partial charge is 0.139 e. The van der Waals surface area contributed by atoms with Gasteiger partial charge in [0.1, 0.15) is 5.78 Å². The van der Waals surface area contributed by atoms with Crippen molar-refractivity contribution in [3.8, 4) is 0 Å². The molecule has 4 rings (SSSR count). The lowest BCUT2D eigenvalue weighted by Crippen LogP contribution is -2.55. The summed E-state index contributed by atoms with van der Waals surface area (Å²) in [6, 6.07) is 0. The van der Waals surface area contributed by atoms with Crippen LogP contribution in [0.2, 0.25) is 0 Å². The highest BCUT2D eigenvalue weighted by atomic mass is 16.3. The minimum absolute atomic E-state index is 0.128. The van der Waals surface area contributed by atoms with E-state index in [9.17, 15) is 15.0 Å². The molecule has 21 heavy (non-hydrogen) atoms. The second-order valence-electron chi connectivity index (χ2n) is 8.08. The summed E-state index contributed by atoms with van der Waals surface area (Å²) >= 11 is 0. The van der Waals surface area contributed by atoms with Crippen molar-refractivity contribution in [2.45, 2.75) is 70.0 Å². The Hall–Kier alpha value is -0.670. The minimum Gasteiger partial charge on any atom is -0.393 e. The van der Waals surface area contributed by atoms with Gasteiger partial charge in [0.05, 0.1) is 11.7 Å².